The normalized spacial score (nSPS) is 10.3. The zero-order valence-corrected chi connectivity index (χ0v) is 15.4. The van der Waals surface area contributed by atoms with E-state index >= 15 is 0 Å². The minimum Gasteiger partial charge on any atom is -0.494 e. The average Bonchev–Trinajstić information content (AvgIpc) is 2.59. The molecule has 5 nitrogen and oxygen atoms in total. The molecule has 0 spiro atoms. The van der Waals surface area contributed by atoms with E-state index in [0.717, 1.165) is 6.07 Å². The van der Waals surface area contributed by atoms with Gasteiger partial charge in [0.2, 0.25) is 5.91 Å². The molecule has 0 aromatic heterocycles. The summed E-state index contributed by atoms with van der Waals surface area (Å²) in [5, 5.41) is 2.95. The standard InChI is InChI=1S/C19H21ClFNO4/c1-3-24-14-6-8-18(25-4-2)16(12-14)22-19(23)9-10-26-17-7-5-13(21)11-15(17)20/h5-8,11-12H,3-4,9-10H2,1-2H3,(H,22,23). The van der Waals surface area contributed by atoms with Gasteiger partial charge in [-0.15, -0.1) is 0 Å². The second kappa shape index (κ2) is 9.87. The molecule has 0 bridgehead atoms. The van der Waals surface area contributed by atoms with Gasteiger partial charge in [0.1, 0.15) is 23.1 Å². The number of halogens is 2. The number of rotatable bonds is 9. The van der Waals surface area contributed by atoms with Crippen molar-refractivity contribution in [3.63, 3.8) is 0 Å². The molecule has 7 heteroatoms. The van der Waals surface area contributed by atoms with Crippen LogP contribution >= 0.6 is 11.6 Å². The van der Waals surface area contributed by atoms with Crippen LogP contribution in [0.4, 0.5) is 10.1 Å². The summed E-state index contributed by atoms with van der Waals surface area (Å²) in [7, 11) is 0. The van der Waals surface area contributed by atoms with Crippen molar-refractivity contribution >= 4 is 23.2 Å². The molecule has 2 rings (SSSR count). The van der Waals surface area contributed by atoms with Crippen LogP contribution in [-0.2, 0) is 4.79 Å². The van der Waals surface area contributed by atoms with Crippen molar-refractivity contribution in [2.24, 2.45) is 0 Å². The molecule has 0 radical (unpaired) electrons. The largest absolute Gasteiger partial charge is 0.494 e. The van der Waals surface area contributed by atoms with Crippen molar-refractivity contribution in [2.75, 3.05) is 25.1 Å². The van der Waals surface area contributed by atoms with Crippen molar-refractivity contribution < 1.29 is 23.4 Å². The number of anilines is 1. The van der Waals surface area contributed by atoms with Crippen LogP contribution in [0.15, 0.2) is 36.4 Å². The second-order valence-corrected chi connectivity index (χ2v) is 5.65. The van der Waals surface area contributed by atoms with Crippen LogP contribution in [0.25, 0.3) is 0 Å². The highest BCUT2D eigenvalue weighted by atomic mass is 35.5. The number of amides is 1. The summed E-state index contributed by atoms with van der Waals surface area (Å²) in [5.74, 6) is 0.831. The molecule has 0 aliphatic rings. The SMILES string of the molecule is CCOc1ccc(OCC)c(NC(=O)CCOc2ccc(F)cc2Cl)c1. The van der Waals surface area contributed by atoms with E-state index < -0.39 is 5.82 Å². The van der Waals surface area contributed by atoms with E-state index in [1.165, 1.54) is 12.1 Å². The lowest BCUT2D eigenvalue weighted by Crippen LogP contribution is -2.16. The molecule has 2 aromatic rings. The fourth-order valence-corrected chi connectivity index (χ4v) is 2.43. The zero-order valence-electron chi connectivity index (χ0n) is 14.7. The molecule has 0 unspecified atom stereocenters. The topological polar surface area (TPSA) is 56.8 Å². The fraction of sp³-hybridized carbons (Fsp3) is 0.316. The second-order valence-electron chi connectivity index (χ2n) is 5.25. The third-order valence-electron chi connectivity index (χ3n) is 3.32. The summed E-state index contributed by atoms with van der Waals surface area (Å²) < 4.78 is 29.4. The summed E-state index contributed by atoms with van der Waals surface area (Å²) >= 11 is 5.88. The maximum absolute atomic E-state index is 13.0. The van der Waals surface area contributed by atoms with E-state index in [1.807, 2.05) is 13.8 Å². The molecule has 0 atom stereocenters. The number of nitrogens with one attached hydrogen (secondary N) is 1. The Morgan fingerprint density at radius 2 is 1.77 bits per heavy atom. The van der Waals surface area contributed by atoms with Crippen molar-refractivity contribution in [1.29, 1.82) is 0 Å². The van der Waals surface area contributed by atoms with Crippen LogP contribution in [0.5, 0.6) is 17.2 Å². The van der Waals surface area contributed by atoms with Gasteiger partial charge in [-0.05, 0) is 44.2 Å². The van der Waals surface area contributed by atoms with Gasteiger partial charge in [-0.1, -0.05) is 11.6 Å². The minimum atomic E-state index is -0.447. The predicted molar refractivity (Wildman–Crippen MR) is 98.9 cm³/mol. The molecule has 0 saturated heterocycles. The maximum atomic E-state index is 13.0. The van der Waals surface area contributed by atoms with E-state index in [1.54, 1.807) is 18.2 Å². The molecule has 0 saturated carbocycles. The van der Waals surface area contributed by atoms with Gasteiger partial charge in [0, 0.05) is 6.07 Å². The summed E-state index contributed by atoms with van der Waals surface area (Å²) in [6, 6.07) is 9.07. The third kappa shape index (κ3) is 5.81. The van der Waals surface area contributed by atoms with Gasteiger partial charge in [-0.2, -0.15) is 0 Å². The smallest absolute Gasteiger partial charge is 0.227 e. The van der Waals surface area contributed by atoms with Crippen molar-refractivity contribution in [3.05, 3.63) is 47.2 Å². The molecule has 0 aliphatic heterocycles. The highest BCUT2D eigenvalue weighted by Crippen LogP contribution is 2.30. The molecule has 26 heavy (non-hydrogen) atoms. The predicted octanol–water partition coefficient (Wildman–Crippen LogP) is 4.68. The molecule has 2 aromatic carbocycles. The first-order chi connectivity index (χ1) is 12.5. The van der Waals surface area contributed by atoms with E-state index in [-0.39, 0.29) is 24.0 Å². The number of hydrogen-bond acceptors (Lipinski definition) is 4. The van der Waals surface area contributed by atoms with Crippen molar-refractivity contribution in [2.45, 2.75) is 20.3 Å². The lowest BCUT2D eigenvalue weighted by Gasteiger charge is -2.14. The van der Waals surface area contributed by atoms with Gasteiger partial charge >= 0.3 is 0 Å². The van der Waals surface area contributed by atoms with Gasteiger partial charge in [0.15, 0.2) is 0 Å². The summed E-state index contributed by atoms with van der Waals surface area (Å²) in [6.45, 7) is 4.85. The van der Waals surface area contributed by atoms with Crippen molar-refractivity contribution in [3.8, 4) is 17.2 Å². The van der Waals surface area contributed by atoms with Crippen LogP contribution in [-0.4, -0.2) is 25.7 Å². The number of hydrogen-bond donors (Lipinski definition) is 1. The van der Waals surface area contributed by atoms with E-state index in [9.17, 15) is 9.18 Å². The van der Waals surface area contributed by atoms with Gasteiger partial charge < -0.3 is 19.5 Å². The van der Waals surface area contributed by atoms with Crippen LogP contribution < -0.4 is 19.5 Å². The molecular weight excluding hydrogens is 361 g/mol. The lowest BCUT2D eigenvalue weighted by molar-refractivity contribution is -0.116. The Hall–Kier alpha value is -2.47. The Labute approximate surface area is 157 Å². The first-order valence-corrected chi connectivity index (χ1v) is 8.68. The maximum Gasteiger partial charge on any atom is 0.227 e. The van der Waals surface area contributed by atoms with Gasteiger partial charge in [0.25, 0.3) is 0 Å². The van der Waals surface area contributed by atoms with Crippen LogP contribution in [0.2, 0.25) is 5.02 Å². The number of carbonyl (C=O) groups is 1. The highest BCUT2D eigenvalue weighted by Gasteiger charge is 2.11. The van der Waals surface area contributed by atoms with Gasteiger partial charge in [-0.25, -0.2) is 4.39 Å². The Balaban J connectivity index is 1.94. The third-order valence-corrected chi connectivity index (χ3v) is 3.61. The van der Waals surface area contributed by atoms with Crippen LogP contribution in [0.3, 0.4) is 0 Å². The number of ether oxygens (including phenoxy) is 3. The van der Waals surface area contributed by atoms with E-state index in [4.69, 9.17) is 25.8 Å². The first-order valence-electron chi connectivity index (χ1n) is 8.30. The summed E-state index contributed by atoms with van der Waals surface area (Å²) in [4.78, 5) is 12.2. The Bertz CT molecular complexity index is 754. The fourth-order valence-electron chi connectivity index (χ4n) is 2.20. The molecule has 0 fully saturated rings. The average molecular weight is 382 g/mol. The first kappa shape index (κ1) is 19.8. The summed E-state index contributed by atoms with van der Waals surface area (Å²) in [6.07, 6.45) is 0.0954. The minimum absolute atomic E-state index is 0.0954. The molecular formula is C19H21ClFNO4. The quantitative estimate of drug-likeness (QED) is 0.685. The highest BCUT2D eigenvalue weighted by molar-refractivity contribution is 6.32. The number of carbonyl (C=O) groups excluding carboxylic acids is 1. The molecule has 140 valence electrons. The van der Waals surface area contributed by atoms with Gasteiger partial charge in [0.05, 0.1) is 37.0 Å². The zero-order chi connectivity index (χ0) is 18.9. The molecule has 1 N–H and O–H groups in total. The Kier molecular flexibility index (Phi) is 7.53. The Morgan fingerprint density at radius 1 is 1.04 bits per heavy atom. The monoisotopic (exact) mass is 381 g/mol. The van der Waals surface area contributed by atoms with E-state index in [2.05, 4.69) is 5.32 Å². The van der Waals surface area contributed by atoms with Gasteiger partial charge in [-0.3, -0.25) is 4.79 Å². The number of benzene rings is 2. The molecule has 0 heterocycles. The van der Waals surface area contributed by atoms with Crippen molar-refractivity contribution in [1.82, 2.24) is 0 Å². The molecule has 1 amide bonds. The van der Waals surface area contributed by atoms with Crippen LogP contribution in [0, 0.1) is 5.82 Å². The van der Waals surface area contributed by atoms with E-state index in [0.29, 0.717) is 36.1 Å². The lowest BCUT2D eigenvalue weighted by atomic mass is 10.2. The van der Waals surface area contributed by atoms with Crippen LogP contribution in [0.1, 0.15) is 20.3 Å². The summed E-state index contributed by atoms with van der Waals surface area (Å²) in [5.41, 5.74) is 0.530. The Morgan fingerprint density at radius 3 is 2.46 bits per heavy atom. The molecule has 0 aliphatic carbocycles.